The third-order valence-corrected chi connectivity index (χ3v) is 2.81. The van der Waals surface area contributed by atoms with Crippen LogP contribution in [-0.4, -0.2) is 12.9 Å². The van der Waals surface area contributed by atoms with Gasteiger partial charge in [-0.1, -0.05) is 12.1 Å². The van der Waals surface area contributed by atoms with Crippen molar-refractivity contribution in [2.24, 2.45) is 0 Å². The molecule has 0 heterocycles. The number of ketones is 1. The van der Waals surface area contributed by atoms with E-state index in [1.807, 2.05) is 31.2 Å². The molecule has 0 saturated heterocycles. The molecule has 0 bridgehead atoms. The van der Waals surface area contributed by atoms with Crippen LogP contribution in [0.25, 0.3) is 5.57 Å². The summed E-state index contributed by atoms with van der Waals surface area (Å²) in [5.74, 6) is 1.11. The van der Waals surface area contributed by atoms with Gasteiger partial charge in [-0.05, 0) is 36.6 Å². The third-order valence-electron chi connectivity index (χ3n) is 2.81. The fraction of sp³-hybridized carbons (Fsp3) is 0.308. The number of Topliss-reactive ketones (excluding diaryl/α,β-unsaturated/α-hetero) is 1. The van der Waals surface area contributed by atoms with E-state index in [2.05, 4.69) is 0 Å². The number of allylic oxidation sites excluding steroid dienone is 2. The van der Waals surface area contributed by atoms with E-state index in [9.17, 15) is 4.79 Å². The van der Waals surface area contributed by atoms with Crippen molar-refractivity contribution in [3.63, 3.8) is 0 Å². The van der Waals surface area contributed by atoms with Crippen LogP contribution in [0.5, 0.6) is 5.75 Å². The molecule has 1 aromatic rings. The van der Waals surface area contributed by atoms with E-state index in [-0.39, 0.29) is 5.78 Å². The number of fused-ring (bicyclic) bond motifs is 1. The molecule has 0 aromatic heterocycles. The molecule has 15 heavy (non-hydrogen) atoms. The lowest BCUT2D eigenvalue weighted by atomic mass is 9.86. The van der Waals surface area contributed by atoms with Gasteiger partial charge in [0.25, 0.3) is 0 Å². The number of methoxy groups -OCH3 is 1. The normalized spacial score (nSPS) is 17.7. The highest BCUT2D eigenvalue weighted by Crippen LogP contribution is 2.30. The molecule has 78 valence electrons. The van der Waals surface area contributed by atoms with E-state index in [1.54, 1.807) is 7.11 Å². The van der Waals surface area contributed by atoms with E-state index in [4.69, 9.17) is 4.74 Å². The quantitative estimate of drug-likeness (QED) is 0.654. The molecule has 0 radical (unpaired) electrons. The fourth-order valence-electron chi connectivity index (χ4n) is 2.02. The van der Waals surface area contributed by atoms with Crippen molar-refractivity contribution < 1.29 is 9.53 Å². The molecule has 2 rings (SSSR count). The second kappa shape index (κ2) is 3.89. The molecule has 0 N–H and O–H groups in total. The molecule has 1 aliphatic carbocycles. The smallest absolute Gasteiger partial charge is 0.163 e. The van der Waals surface area contributed by atoms with Crippen LogP contribution in [-0.2, 0) is 11.2 Å². The van der Waals surface area contributed by atoms with Crippen LogP contribution >= 0.6 is 0 Å². The second-order valence-corrected chi connectivity index (χ2v) is 3.65. The Morgan fingerprint density at radius 3 is 2.80 bits per heavy atom. The Balaban J connectivity index is 2.52. The standard InChI is InChI=1S/C13H14O2/c1-3-11-12-6-5-10(15-2)8-9(12)4-7-13(11)14/h3,5-6,8H,4,7H2,1-2H3/b11-3-. The molecule has 0 amide bonds. The zero-order valence-corrected chi connectivity index (χ0v) is 9.04. The highest BCUT2D eigenvalue weighted by molar-refractivity contribution is 6.22. The van der Waals surface area contributed by atoms with Crippen molar-refractivity contribution in [2.45, 2.75) is 19.8 Å². The van der Waals surface area contributed by atoms with Gasteiger partial charge in [0, 0.05) is 12.0 Å². The van der Waals surface area contributed by atoms with Crippen molar-refractivity contribution in [1.29, 1.82) is 0 Å². The zero-order valence-electron chi connectivity index (χ0n) is 9.04. The number of carbonyl (C=O) groups excluding carboxylic acids is 1. The van der Waals surface area contributed by atoms with Crippen LogP contribution in [0.15, 0.2) is 24.3 Å². The summed E-state index contributed by atoms with van der Waals surface area (Å²) in [7, 11) is 1.66. The average molecular weight is 202 g/mol. The summed E-state index contributed by atoms with van der Waals surface area (Å²) in [6, 6.07) is 5.90. The second-order valence-electron chi connectivity index (χ2n) is 3.65. The van der Waals surface area contributed by atoms with Crippen molar-refractivity contribution in [3.8, 4) is 5.75 Å². The predicted octanol–water partition coefficient (Wildman–Crippen LogP) is 2.61. The Bertz CT molecular complexity index is 430. The summed E-state index contributed by atoms with van der Waals surface area (Å²) in [6.07, 6.45) is 3.33. The lowest BCUT2D eigenvalue weighted by Gasteiger charge is -2.18. The number of hydrogen-bond donors (Lipinski definition) is 0. The first-order chi connectivity index (χ1) is 7.26. The van der Waals surface area contributed by atoms with Gasteiger partial charge >= 0.3 is 0 Å². The number of aryl methyl sites for hydroxylation is 1. The van der Waals surface area contributed by atoms with Crippen LogP contribution < -0.4 is 4.74 Å². The molecule has 0 unspecified atom stereocenters. The fourth-order valence-corrected chi connectivity index (χ4v) is 2.02. The maximum Gasteiger partial charge on any atom is 0.163 e. The number of ether oxygens (including phenoxy) is 1. The zero-order chi connectivity index (χ0) is 10.8. The van der Waals surface area contributed by atoms with Gasteiger partial charge in [0.2, 0.25) is 0 Å². The van der Waals surface area contributed by atoms with Crippen molar-refractivity contribution in [1.82, 2.24) is 0 Å². The van der Waals surface area contributed by atoms with E-state index in [0.29, 0.717) is 6.42 Å². The lowest BCUT2D eigenvalue weighted by Crippen LogP contribution is -2.12. The van der Waals surface area contributed by atoms with Crippen molar-refractivity contribution in [2.75, 3.05) is 7.11 Å². The van der Waals surface area contributed by atoms with E-state index in [0.717, 1.165) is 23.3 Å². The molecule has 2 heteroatoms. The largest absolute Gasteiger partial charge is 0.497 e. The first-order valence-electron chi connectivity index (χ1n) is 5.13. The monoisotopic (exact) mass is 202 g/mol. The lowest BCUT2D eigenvalue weighted by molar-refractivity contribution is -0.113. The number of carbonyl (C=O) groups is 1. The minimum Gasteiger partial charge on any atom is -0.497 e. The Labute approximate surface area is 89.6 Å². The van der Waals surface area contributed by atoms with Gasteiger partial charge in [0.05, 0.1) is 7.11 Å². The Morgan fingerprint density at radius 1 is 1.33 bits per heavy atom. The topological polar surface area (TPSA) is 26.3 Å². The van der Waals surface area contributed by atoms with Gasteiger partial charge in [-0.2, -0.15) is 0 Å². The van der Waals surface area contributed by atoms with E-state index < -0.39 is 0 Å². The summed E-state index contributed by atoms with van der Waals surface area (Å²) in [4.78, 5) is 11.6. The Hall–Kier alpha value is -1.57. The maximum atomic E-state index is 11.6. The van der Waals surface area contributed by atoms with Crippen molar-refractivity contribution in [3.05, 3.63) is 35.4 Å². The summed E-state index contributed by atoms with van der Waals surface area (Å²) in [6.45, 7) is 1.91. The molecular formula is C13H14O2. The molecule has 0 atom stereocenters. The van der Waals surface area contributed by atoms with Gasteiger partial charge in [0.1, 0.15) is 5.75 Å². The molecule has 0 saturated carbocycles. The molecular weight excluding hydrogens is 188 g/mol. The first kappa shape index (κ1) is 9.97. The van der Waals surface area contributed by atoms with Crippen LogP contribution in [0.3, 0.4) is 0 Å². The van der Waals surface area contributed by atoms with Gasteiger partial charge in [0.15, 0.2) is 5.78 Å². The highest BCUT2D eigenvalue weighted by atomic mass is 16.5. The Morgan fingerprint density at radius 2 is 2.13 bits per heavy atom. The molecule has 0 fully saturated rings. The Kier molecular flexibility index (Phi) is 2.58. The predicted molar refractivity (Wildman–Crippen MR) is 60.0 cm³/mol. The first-order valence-corrected chi connectivity index (χ1v) is 5.13. The minimum atomic E-state index is 0.246. The minimum absolute atomic E-state index is 0.246. The van der Waals surface area contributed by atoms with Crippen LogP contribution in [0.4, 0.5) is 0 Å². The molecule has 0 aliphatic heterocycles. The molecule has 1 aliphatic rings. The molecule has 0 spiro atoms. The van der Waals surface area contributed by atoms with E-state index >= 15 is 0 Å². The molecule has 2 nitrogen and oxygen atoms in total. The van der Waals surface area contributed by atoms with Gasteiger partial charge in [-0.25, -0.2) is 0 Å². The highest BCUT2D eigenvalue weighted by Gasteiger charge is 2.20. The molecule has 1 aromatic carbocycles. The summed E-state index contributed by atoms with van der Waals surface area (Å²) < 4.78 is 5.17. The van der Waals surface area contributed by atoms with Gasteiger partial charge < -0.3 is 4.74 Å². The number of rotatable bonds is 1. The maximum absolute atomic E-state index is 11.6. The van der Waals surface area contributed by atoms with Gasteiger partial charge in [-0.15, -0.1) is 0 Å². The van der Waals surface area contributed by atoms with Crippen LogP contribution in [0.1, 0.15) is 24.5 Å². The van der Waals surface area contributed by atoms with Crippen LogP contribution in [0, 0.1) is 0 Å². The number of benzene rings is 1. The summed E-state index contributed by atoms with van der Waals surface area (Å²) in [5, 5.41) is 0. The summed E-state index contributed by atoms with van der Waals surface area (Å²) in [5.41, 5.74) is 3.12. The van der Waals surface area contributed by atoms with Crippen LogP contribution in [0.2, 0.25) is 0 Å². The summed E-state index contributed by atoms with van der Waals surface area (Å²) >= 11 is 0. The SMILES string of the molecule is C/C=C1\C(=O)CCc2cc(OC)ccc21. The average Bonchev–Trinajstić information content (AvgIpc) is 2.28. The number of hydrogen-bond acceptors (Lipinski definition) is 2. The van der Waals surface area contributed by atoms with E-state index in [1.165, 1.54) is 5.56 Å². The third kappa shape index (κ3) is 1.67. The van der Waals surface area contributed by atoms with Gasteiger partial charge in [-0.3, -0.25) is 4.79 Å². The van der Waals surface area contributed by atoms with Crippen molar-refractivity contribution >= 4 is 11.4 Å².